The van der Waals surface area contributed by atoms with E-state index in [4.69, 9.17) is 10.2 Å². The molecular formula is C56H36N6. The molecule has 0 saturated carbocycles. The summed E-state index contributed by atoms with van der Waals surface area (Å²) < 4.78 is 4.28. The lowest BCUT2D eigenvalue weighted by Crippen LogP contribution is -2.00. The average Bonchev–Trinajstić information content (AvgIpc) is 4.01. The van der Waals surface area contributed by atoms with Gasteiger partial charge in [0.05, 0.1) is 0 Å². The van der Waals surface area contributed by atoms with Crippen LogP contribution in [-0.2, 0) is 0 Å². The fraction of sp³-hybridized carbons (Fsp3) is 0. The summed E-state index contributed by atoms with van der Waals surface area (Å²) in [5.41, 5.74) is 10.7. The minimum Gasteiger partial charge on any atom is -0.275 e. The molecule has 0 fully saturated rings. The highest BCUT2D eigenvalue weighted by Gasteiger charge is 2.20. The molecular weight excluding hydrogens is 757 g/mol. The summed E-state index contributed by atoms with van der Waals surface area (Å²) in [6.07, 6.45) is 0. The second kappa shape index (κ2) is 14.7. The molecule has 2 heterocycles. The molecule has 0 aliphatic rings. The average molecular weight is 793 g/mol. The number of nitrogens with zero attached hydrogens (tertiary/aromatic N) is 6. The van der Waals surface area contributed by atoms with Crippen molar-refractivity contribution in [3.63, 3.8) is 0 Å². The molecule has 0 atom stereocenters. The summed E-state index contributed by atoms with van der Waals surface area (Å²) in [7, 11) is 0. The number of rotatable bonds is 8. The van der Waals surface area contributed by atoms with Gasteiger partial charge in [0.15, 0.2) is 23.3 Å². The van der Waals surface area contributed by atoms with Crippen molar-refractivity contribution in [3.05, 3.63) is 218 Å². The second-order valence-corrected chi connectivity index (χ2v) is 15.6. The standard InChI is InChI=1S/C56H36N6/c1-5-13-39(14-6-1)53-57-59-55(61(53)49-17-9-3-10-18-49)41-25-21-37(22-26-41)47-33-43-29-31-45-35-48(36-46-32-30-44(34-47)51(43)52(45)46)38-23-27-42(28-24-38)56-60-58-54(40-15-7-2-8-16-40)62(56)50-19-11-4-12-20-50/h1-36H. The van der Waals surface area contributed by atoms with Crippen LogP contribution in [0.4, 0.5) is 0 Å². The Morgan fingerprint density at radius 1 is 0.226 bits per heavy atom. The van der Waals surface area contributed by atoms with E-state index >= 15 is 0 Å². The molecule has 12 aromatic rings. The lowest BCUT2D eigenvalue weighted by atomic mass is 9.89. The van der Waals surface area contributed by atoms with Gasteiger partial charge in [-0.1, -0.05) is 170 Å². The molecule has 0 radical (unpaired) electrons. The van der Waals surface area contributed by atoms with Gasteiger partial charge >= 0.3 is 0 Å². The molecule has 0 spiro atoms. The van der Waals surface area contributed by atoms with E-state index in [1.807, 2.05) is 72.8 Å². The molecule has 6 heteroatoms. The highest BCUT2D eigenvalue weighted by Crippen LogP contribution is 2.40. The molecule has 0 aliphatic carbocycles. The van der Waals surface area contributed by atoms with Crippen molar-refractivity contribution >= 4 is 32.3 Å². The Bertz CT molecular complexity index is 3220. The minimum absolute atomic E-state index is 0.803. The van der Waals surface area contributed by atoms with E-state index in [-0.39, 0.29) is 0 Å². The van der Waals surface area contributed by atoms with Crippen LogP contribution in [0.2, 0.25) is 0 Å². The largest absolute Gasteiger partial charge is 0.275 e. The molecule has 0 unspecified atom stereocenters. The highest BCUT2D eigenvalue weighted by atomic mass is 15.3. The van der Waals surface area contributed by atoms with Gasteiger partial charge in [-0.15, -0.1) is 20.4 Å². The van der Waals surface area contributed by atoms with Crippen molar-refractivity contribution in [1.82, 2.24) is 29.5 Å². The van der Waals surface area contributed by atoms with Gasteiger partial charge in [0.25, 0.3) is 0 Å². The predicted molar refractivity (Wildman–Crippen MR) is 253 cm³/mol. The van der Waals surface area contributed by atoms with Gasteiger partial charge in [0.2, 0.25) is 0 Å². The molecule has 290 valence electrons. The lowest BCUT2D eigenvalue weighted by molar-refractivity contribution is 1.07. The molecule has 6 nitrogen and oxygen atoms in total. The van der Waals surface area contributed by atoms with Gasteiger partial charge in [-0.25, -0.2) is 0 Å². The second-order valence-electron chi connectivity index (χ2n) is 15.6. The SMILES string of the molecule is c1ccc(-c2nnc(-c3ccc(-c4cc5ccc6cc(-c7ccc(-c8nnc(-c9ccccc9)n8-c8ccccc8)cc7)cc7ccc(c4)c5c67)cc3)n2-c2ccccc2)cc1. The Labute approximate surface area is 358 Å². The van der Waals surface area contributed by atoms with Crippen molar-refractivity contribution in [2.45, 2.75) is 0 Å². The van der Waals surface area contributed by atoms with Gasteiger partial charge in [0.1, 0.15) is 0 Å². The van der Waals surface area contributed by atoms with Gasteiger partial charge < -0.3 is 0 Å². The van der Waals surface area contributed by atoms with Crippen molar-refractivity contribution in [2.24, 2.45) is 0 Å². The summed E-state index contributed by atoms with van der Waals surface area (Å²) in [6.45, 7) is 0. The van der Waals surface area contributed by atoms with Crippen molar-refractivity contribution in [2.75, 3.05) is 0 Å². The summed E-state index contributed by atoms with van der Waals surface area (Å²) in [4.78, 5) is 0. The van der Waals surface area contributed by atoms with E-state index in [0.29, 0.717) is 0 Å². The fourth-order valence-electron chi connectivity index (χ4n) is 8.93. The van der Waals surface area contributed by atoms with Crippen LogP contribution >= 0.6 is 0 Å². The van der Waals surface area contributed by atoms with Crippen LogP contribution in [0.15, 0.2) is 218 Å². The summed E-state index contributed by atoms with van der Waals surface area (Å²) >= 11 is 0. The first-order valence-corrected chi connectivity index (χ1v) is 20.8. The predicted octanol–water partition coefficient (Wildman–Crippen LogP) is 13.7. The topological polar surface area (TPSA) is 61.4 Å². The Kier molecular flexibility index (Phi) is 8.38. The monoisotopic (exact) mass is 792 g/mol. The molecule has 0 amide bonds. The molecule has 0 aliphatic heterocycles. The van der Waals surface area contributed by atoms with E-state index in [1.54, 1.807) is 0 Å². The van der Waals surface area contributed by atoms with E-state index in [0.717, 1.165) is 68.1 Å². The highest BCUT2D eigenvalue weighted by molar-refractivity contribution is 6.24. The number of benzene rings is 10. The molecule has 12 rings (SSSR count). The smallest absolute Gasteiger partial charge is 0.168 e. The zero-order valence-electron chi connectivity index (χ0n) is 33.5. The molecule has 0 N–H and O–H groups in total. The zero-order chi connectivity index (χ0) is 41.0. The molecule has 10 aromatic carbocycles. The Morgan fingerprint density at radius 3 is 0.790 bits per heavy atom. The van der Waals surface area contributed by atoms with Crippen LogP contribution in [0.3, 0.4) is 0 Å². The van der Waals surface area contributed by atoms with Gasteiger partial charge in [0, 0.05) is 33.6 Å². The van der Waals surface area contributed by atoms with Crippen LogP contribution in [-0.4, -0.2) is 29.5 Å². The zero-order valence-corrected chi connectivity index (χ0v) is 33.5. The first-order valence-electron chi connectivity index (χ1n) is 20.8. The summed E-state index contributed by atoms with van der Waals surface area (Å²) in [5.74, 6) is 3.23. The molecule has 0 bridgehead atoms. The van der Waals surface area contributed by atoms with Crippen molar-refractivity contribution in [1.29, 1.82) is 0 Å². The first kappa shape index (κ1) is 35.5. The molecule has 2 aromatic heterocycles. The fourth-order valence-corrected chi connectivity index (χ4v) is 8.93. The Balaban J connectivity index is 0.869. The van der Waals surface area contributed by atoms with E-state index < -0.39 is 0 Å². The number of hydrogen-bond acceptors (Lipinski definition) is 4. The van der Waals surface area contributed by atoms with Gasteiger partial charge in [-0.2, -0.15) is 0 Å². The van der Waals surface area contributed by atoms with Crippen LogP contribution in [0.25, 0.3) is 111 Å². The van der Waals surface area contributed by atoms with Gasteiger partial charge in [-0.3, -0.25) is 9.13 Å². The maximum atomic E-state index is 4.71. The third-order valence-electron chi connectivity index (χ3n) is 11.9. The summed E-state index contributed by atoms with van der Waals surface area (Å²) in [6, 6.07) is 76.8. The Morgan fingerprint density at radius 2 is 0.484 bits per heavy atom. The van der Waals surface area contributed by atoms with E-state index in [2.05, 4.69) is 165 Å². The van der Waals surface area contributed by atoms with Crippen LogP contribution in [0.1, 0.15) is 0 Å². The van der Waals surface area contributed by atoms with Crippen LogP contribution in [0.5, 0.6) is 0 Å². The molecule has 62 heavy (non-hydrogen) atoms. The van der Waals surface area contributed by atoms with Crippen LogP contribution in [0, 0.1) is 0 Å². The van der Waals surface area contributed by atoms with Crippen molar-refractivity contribution in [3.8, 4) is 79.2 Å². The van der Waals surface area contributed by atoms with E-state index in [9.17, 15) is 0 Å². The number of hydrogen-bond donors (Lipinski definition) is 0. The quantitative estimate of drug-likeness (QED) is 0.144. The minimum atomic E-state index is 0.803. The van der Waals surface area contributed by atoms with Crippen LogP contribution < -0.4 is 0 Å². The van der Waals surface area contributed by atoms with E-state index in [1.165, 1.54) is 43.4 Å². The van der Waals surface area contributed by atoms with Crippen molar-refractivity contribution < 1.29 is 0 Å². The first-order chi connectivity index (χ1) is 30.7. The summed E-state index contributed by atoms with van der Waals surface area (Å²) in [5, 5.41) is 26.2. The third-order valence-corrected chi connectivity index (χ3v) is 11.9. The third kappa shape index (κ3) is 6.04. The molecule has 0 saturated heterocycles. The number of aromatic nitrogens is 6. The maximum absolute atomic E-state index is 4.71. The lowest BCUT2D eigenvalue weighted by Gasteiger charge is -2.15. The normalized spacial score (nSPS) is 11.5. The Hall–Kier alpha value is -8.48. The van der Waals surface area contributed by atoms with Gasteiger partial charge in [-0.05, 0) is 103 Å². The maximum Gasteiger partial charge on any atom is 0.168 e. The number of para-hydroxylation sites is 2.